The van der Waals surface area contributed by atoms with Gasteiger partial charge in [-0.15, -0.1) is 0 Å². The van der Waals surface area contributed by atoms with Crippen molar-refractivity contribution < 1.29 is 31.5 Å². The minimum Gasteiger partial charge on any atom is -0.428 e. The number of alkyl halides is 4. The standard InChI is InChI=1S/C24H20ClF5N2O2/c1-2-21(33)32-23(13-15-6-4-3-5-7-15,20-9-8-17(25)14-31-20)16-10-18(26)12-19(11-16)34-24(29,30)22(27)28/h3-12,14,22H,2,13H2,1H3,(H,32,33)/t23-/m0/s1. The molecule has 0 aliphatic rings. The fourth-order valence-electron chi connectivity index (χ4n) is 3.45. The number of hydrogen-bond acceptors (Lipinski definition) is 3. The van der Waals surface area contributed by atoms with Crippen LogP contribution in [0.4, 0.5) is 22.0 Å². The Balaban J connectivity index is 2.25. The number of halogens is 6. The van der Waals surface area contributed by atoms with Crippen molar-refractivity contribution in [1.29, 1.82) is 0 Å². The van der Waals surface area contributed by atoms with Crippen LogP contribution < -0.4 is 10.1 Å². The van der Waals surface area contributed by atoms with Gasteiger partial charge in [-0.3, -0.25) is 9.78 Å². The molecular formula is C24H20ClF5N2O2. The van der Waals surface area contributed by atoms with Crippen LogP contribution in [-0.4, -0.2) is 23.4 Å². The zero-order chi connectivity index (χ0) is 24.9. The minimum atomic E-state index is -4.85. The summed E-state index contributed by atoms with van der Waals surface area (Å²) >= 11 is 5.97. The quantitative estimate of drug-likeness (QED) is 0.361. The summed E-state index contributed by atoms with van der Waals surface area (Å²) in [5.74, 6) is -2.32. The summed E-state index contributed by atoms with van der Waals surface area (Å²) in [6, 6.07) is 14.3. The molecule has 1 heterocycles. The van der Waals surface area contributed by atoms with Crippen molar-refractivity contribution in [1.82, 2.24) is 10.3 Å². The highest BCUT2D eigenvalue weighted by Crippen LogP contribution is 2.37. The fourth-order valence-corrected chi connectivity index (χ4v) is 3.56. The van der Waals surface area contributed by atoms with E-state index < -0.39 is 35.5 Å². The summed E-state index contributed by atoms with van der Waals surface area (Å²) in [4.78, 5) is 16.9. The first-order valence-electron chi connectivity index (χ1n) is 10.2. The van der Waals surface area contributed by atoms with Gasteiger partial charge in [0.2, 0.25) is 5.91 Å². The molecule has 3 aromatic rings. The van der Waals surface area contributed by atoms with Gasteiger partial charge in [0.05, 0.1) is 10.7 Å². The van der Waals surface area contributed by atoms with Crippen LogP contribution in [0.2, 0.25) is 5.02 Å². The molecule has 180 valence electrons. The first-order valence-corrected chi connectivity index (χ1v) is 10.6. The molecule has 34 heavy (non-hydrogen) atoms. The molecule has 0 spiro atoms. The lowest BCUT2D eigenvalue weighted by Crippen LogP contribution is -2.49. The number of nitrogens with zero attached hydrogens (tertiary/aromatic N) is 1. The highest BCUT2D eigenvalue weighted by molar-refractivity contribution is 6.30. The van der Waals surface area contributed by atoms with Gasteiger partial charge < -0.3 is 10.1 Å². The van der Waals surface area contributed by atoms with E-state index in [1.165, 1.54) is 18.3 Å². The minimum absolute atomic E-state index is 0.0301. The maximum absolute atomic E-state index is 14.6. The molecule has 0 saturated heterocycles. The molecule has 0 bridgehead atoms. The molecule has 2 aromatic carbocycles. The number of rotatable bonds is 9. The Kier molecular flexibility index (Phi) is 7.76. The Hall–Kier alpha value is -3.20. The van der Waals surface area contributed by atoms with Gasteiger partial charge in [0.25, 0.3) is 0 Å². The Morgan fingerprint density at radius 2 is 1.82 bits per heavy atom. The second-order valence-electron chi connectivity index (χ2n) is 7.47. The summed E-state index contributed by atoms with van der Waals surface area (Å²) in [5, 5.41) is 3.11. The van der Waals surface area contributed by atoms with E-state index in [0.717, 1.165) is 12.1 Å². The zero-order valence-electron chi connectivity index (χ0n) is 17.9. The summed E-state index contributed by atoms with van der Waals surface area (Å²) < 4.78 is 71.3. The number of hydrogen-bond donors (Lipinski definition) is 1. The van der Waals surface area contributed by atoms with Gasteiger partial charge in [0.15, 0.2) is 0 Å². The third kappa shape index (κ3) is 5.83. The molecule has 1 N–H and O–H groups in total. The summed E-state index contributed by atoms with van der Waals surface area (Å²) in [7, 11) is 0. The fraction of sp³-hybridized carbons (Fsp3) is 0.250. The Bertz CT molecular complexity index is 1130. The average Bonchev–Trinajstić information content (AvgIpc) is 2.78. The number of benzene rings is 2. The predicted molar refractivity (Wildman–Crippen MR) is 117 cm³/mol. The monoisotopic (exact) mass is 498 g/mol. The van der Waals surface area contributed by atoms with Crippen LogP contribution in [-0.2, 0) is 16.8 Å². The van der Waals surface area contributed by atoms with Crippen molar-refractivity contribution in [2.24, 2.45) is 0 Å². The van der Waals surface area contributed by atoms with Gasteiger partial charge in [0.1, 0.15) is 17.1 Å². The lowest BCUT2D eigenvalue weighted by molar-refractivity contribution is -0.253. The van der Waals surface area contributed by atoms with E-state index in [0.29, 0.717) is 16.7 Å². The van der Waals surface area contributed by atoms with E-state index >= 15 is 0 Å². The average molecular weight is 499 g/mol. The van der Waals surface area contributed by atoms with Crippen molar-refractivity contribution in [3.8, 4) is 5.75 Å². The lowest BCUT2D eigenvalue weighted by Gasteiger charge is -2.36. The maximum atomic E-state index is 14.6. The molecule has 4 nitrogen and oxygen atoms in total. The highest BCUT2D eigenvalue weighted by atomic mass is 35.5. The molecule has 3 rings (SSSR count). The van der Waals surface area contributed by atoms with Crippen LogP contribution in [0.5, 0.6) is 5.75 Å². The Morgan fingerprint density at radius 1 is 1.12 bits per heavy atom. The summed E-state index contributed by atoms with van der Waals surface area (Å²) in [5.41, 5.74) is -0.688. The normalized spacial score (nSPS) is 13.4. The number of amides is 1. The largest absolute Gasteiger partial charge is 0.461 e. The van der Waals surface area contributed by atoms with Crippen molar-refractivity contribution in [3.05, 3.63) is 94.5 Å². The maximum Gasteiger partial charge on any atom is 0.461 e. The van der Waals surface area contributed by atoms with Crippen molar-refractivity contribution in [2.45, 2.75) is 37.8 Å². The van der Waals surface area contributed by atoms with Crippen LogP contribution in [0.3, 0.4) is 0 Å². The second-order valence-corrected chi connectivity index (χ2v) is 7.91. The number of nitrogens with one attached hydrogen (secondary N) is 1. The van der Waals surface area contributed by atoms with Gasteiger partial charge in [-0.2, -0.15) is 17.6 Å². The third-order valence-corrected chi connectivity index (χ3v) is 5.25. The number of pyridine rings is 1. The van der Waals surface area contributed by atoms with E-state index in [1.807, 2.05) is 0 Å². The first kappa shape index (κ1) is 25.4. The number of aromatic nitrogens is 1. The second kappa shape index (κ2) is 10.4. The molecule has 1 atom stereocenters. The molecule has 0 unspecified atom stereocenters. The smallest absolute Gasteiger partial charge is 0.428 e. The highest BCUT2D eigenvalue weighted by Gasteiger charge is 2.45. The van der Waals surface area contributed by atoms with E-state index in [9.17, 15) is 26.7 Å². The zero-order valence-corrected chi connectivity index (χ0v) is 18.6. The molecular weight excluding hydrogens is 479 g/mol. The van der Waals surface area contributed by atoms with Crippen LogP contribution in [0, 0.1) is 5.82 Å². The predicted octanol–water partition coefficient (Wildman–Crippen LogP) is 6.12. The van der Waals surface area contributed by atoms with Crippen LogP contribution in [0.25, 0.3) is 0 Å². The van der Waals surface area contributed by atoms with Gasteiger partial charge >= 0.3 is 12.5 Å². The molecule has 1 aromatic heterocycles. The molecule has 0 saturated carbocycles. The third-order valence-electron chi connectivity index (χ3n) is 5.02. The van der Waals surface area contributed by atoms with Crippen molar-refractivity contribution >= 4 is 17.5 Å². The van der Waals surface area contributed by atoms with E-state index in [1.54, 1.807) is 37.3 Å². The van der Waals surface area contributed by atoms with Crippen molar-refractivity contribution in [2.75, 3.05) is 0 Å². The molecule has 10 heteroatoms. The van der Waals surface area contributed by atoms with Crippen LogP contribution in [0.15, 0.2) is 66.9 Å². The molecule has 0 aliphatic heterocycles. The molecule has 0 fully saturated rings. The van der Waals surface area contributed by atoms with Crippen molar-refractivity contribution in [3.63, 3.8) is 0 Å². The first-order chi connectivity index (χ1) is 16.1. The van der Waals surface area contributed by atoms with Gasteiger partial charge in [-0.25, -0.2) is 4.39 Å². The summed E-state index contributed by atoms with van der Waals surface area (Å²) in [6.07, 6.45) is -7.59. The number of carbonyl (C=O) groups excluding carboxylic acids is 1. The van der Waals surface area contributed by atoms with Gasteiger partial charge in [-0.05, 0) is 35.4 Å². The molecule has 1 amide bonds. The SMILES string of the molecule is CCC(=O)N[C@@](Cc1ccccc1)(c1cc(F)cc(OC(F)(F)C(F)F)c1)c1ccc(Cl)cn1. The van der Waals surface area contributed by atoms with Crippen LogP contribution in [0.1, 0.15) is 30.2 Å². The van der Waals surface area contributed by atoms with Gasteiger partial charge in [0, 0.05) is 25.1 Å². The van der Waals surface area contributed by atoms with Crippen LogP contribution >= 0.6 is 11.6 Å². The molecule has 0 aliphatic carbocycles. The topological polar surface area (TPSA) is 51.2 Å². The van der Waals surface area contributed by atoms with Gasteiger partial charge in [-0.1, -0.05) is 48.9 Å². The Labute approximate surface area is 197 Å². The number of ether oxygens (including phenoxy) is 1. The van der Waals surface area contributed by atoms with E-state index in [-0.39, 0.29) is 24.1 Å². The molecule has 0 radical (unpaired) electrons. The lowest BCUT2D eigenvalue weighted by atomic mass is 9.80. The number of carbonyl (C=O) groups is 1. The van der Waals surface area contributed by atoms with E-state index in [4.69, 9.17) is 11.6 Å². The Morgan fingerprint density at radius 3 is 2.41 bits per heavy atom. The van der Waals surface area contributed by atoms with E-state index in [2.05, 4.69) is 15.0 Å². The summed E-state index contributed by atoms with van der Waals surface area (Å²) in [6.45, 7) is 1.60.